The second-order valence-corrected chi connectivity index (χ2v) is 2.56. The Bertz CT molecular complexity index is 256. The molecule has 2 nitrogen and oxygen atoms in total. The van der Waals surface area contributed by atoms with Gasteiger partial charge in [0.05, 0.1) is 12.9 Å². The standard InChI is InChI=1S/C9H10ClNO/c1-2-12-6-5-8-3-4-9(10)11-7-8/h3-7H,2H2,1H3/b6-5+. The van der Waals surface area contributed by atoms with Crippen molar-refractivity contribution in [2.45, 2.75) is 6.92 Å². The molecule has 0 spiro atoms. The van der Waals surface area contributed by atoms with Gasteiger partial charge in [0.1, 0.15) is 5.15 Å². The van der Waals surface area contributed by atoms with Crippen molar-refractivity contribution in [1.29, 1.82) is 0 Å². The molecule has 12 heavy (non-hydrogen) atoms. The lowest BCUT2D eigenvalue weighted by molar-refractivity contribution is 0.272. The molecule has 1 aromatic heterocycles. The Morgan fingerprint density at radius 3 is 3.00 bits per heavy atom. The molecule has 1 aromatic rings. The van der Waals surface area contributed by atoms with E-state index in [2.05, 4.69) is 4.98 Å². The summed E-state index contributed by atoms with van der Waals surface area (Å²) < 4.78 is 5.03. The van der Waals surface area contributed by atoms with Gasteiger partial charge in [0.15, 0.2) is 0 Å². The molecule has 3 heteroatoms. The molecule has 0 atom stereocenters. The Morgan fingerprint density at radius 2 is 2.42 bits per heavy atom. The maximum Gasteiger partial charge on any atom is 0.129 e. The molecular formula is C9H10ClNO. The van der Waals surface area contributed by atoms with E-state index in [1.165, 1.54) is 0 Å². The zero-order chi connectivity index (χ0) is 8.81. The number of halogens is 1. The number of hydrogen-bond acceptors (Lipinski definition) is 2. The van der Waals surface area contributed by atoms with E-state index in [1.807, 2.05) is 19.1 Å². The molecule has 0 bridgehead atoms. The maximum atomic E-state index is 5.61. The summed E-state index contributed by atoms with van der Waals surface area (Å²) in [6.07, 6.45) is 5.18. The summed E-state index contributed by atoms with van der Waals surface area (Å²) in [6.45, 7) is 2.61. The second-order valence-electron chi connectivity index (χ2n) is 2.17. The van der Waals surface area contributed by atoms with Crippen LogP contribution in [0, 0.1) is 0 Å². The number of ether oxygens (including phenoxy) is 1. The van der Waals surface area contributed by atoms with Gasteiger partial charge in [-0.05, 0) is 24.6 Å². The highest BCUT2D eigenvalue weighted by atomic mass is 35.5. The molecule has 0 saturated carbocycles. The van der Waals surface area contributed by atoms with Crippen molar-refractivity contribution in [1.82, 2.24) is 4.98 Å². The molecular weight excluding hydrogens is 174 g/mol. The lowest BCUT2D eigenvalue weighted by Crippen LogP contribution is -1.79. The van der Waals surface area contributed by atoms with Gasteiger partial charge in [-0.2, -0.15) is 0 Å². The van der Waals surface area contributed by atoms with E-state index >= 15 is 0 Å². The monoisotopic (exact) mass is 183 g/mol. The van der Waals surface area contributed by atoms with Crippen molar-refractivity contribution in [3.8, 4) is 0 Å². The van der Waals surface area contributed by atoms with Crippen LogP contribution in [-0.2, 0) is 4.74 Å². The molecule has 0 aliphatic rings. The summed E-state index contributed by atoms with van der Waals surface area (Å²) in [4.78, 5) is 3.92. The van der Waals surface area contributed by atoms with E-state index in [1.54, 1.807) is 18.5 Å². The molecule has 0 fully saturated rings. The Hall–Kier alpha value is -1.02. The smallest absolute Gasteiger partial charge is 0.129 e. The quantitative estimate of drug-likeness (QED) is 0.531. The Balaban J connectivity index is 2.58. The lowest BCUT2D eigenvalue weighted by atomic mass is 10.3. The Morgan fingerprint density at radius 1 is 1.58 bits per heavy atom. The zero-order valence-electron chi connectivity index (χ0n) is 6.83. The largest absolute Gasteiger partial charge is 0.501 e. The molecule has 0 N–H and O–H groups in total. The normalized spacial score (nSPS) is 10.5. The summed E-state index contributed by atoms with van der Waals surface area (Å²) in [6, 6.07) is 3.62. The van der Waals surface area contributed by atoms with Gasteiger partial charge in [-0.15, -0.1) is 0 Å². The summed E-state index contributed by atoms with van der Waals surface area (Å²) in [5, 5.41) is 0.503. The molecule has 0 unspecified atom stereocenters. The first-order valence-electron chi connectivity index (χ1n) is 3.72. The van der Waals surface area contributed by atoms with Crippen molar-refractivity contribution in [2.75, 3.05) is 6.61 Å². The van der Waals surface area contributed by atoms with E-state index < -0.39 is 0 Å². The van der Waals surface area contributed by atoms with Crippen LogP contribution in [-0.4, -0.2) is 11.6 Å². The van der Waals surface area contributed by atoms with E-state index in [0.29, 0.717) is 11.8 Å². The first-order chi connectivity index (χ1) is 5.83. The van der Waals surface area contributed by atoms with Crippen LogP contribution >= 0.6 is 11.6 Å². The molecule has 1 heterocycles. The van der Waals surface area contributed by atoms with Crippen molar-refractivity contribution in [3.63, 3.8) is 0 Å². The fourth-order valence-corrected chi connectivity index (χ4v) is 0.821. The van der Waals surface area contributed by atoms with Gasteiger partial charge in [-0.1, -0.05) is 17.7 Å². The molecule has 0 aliphatic carbocycles. The second kappa shape index (κ2) is 4.78. The molecule has 0 aliphatic heterocycles. The van der Waals surface area contributed by atoms with Crippen LogP contribution in [0.1, 0.15) is 12.5 Å². The van der Waals surface area contributed by atoms with Crippen LogP contribution in [0.4, 0.5) is 0 Å². The van der Waals surface area contributed by atoms with Crippen molar-refractivity contribution >= 4 is 17.7 Å². The third-order valence-corrected chi connectivity index (χ3v) is 1.50. The van der Waals surface area contributed by atoms with Crippen LogP contribution in [0.3, 0.4) is 0 Å². The molecule has 0 amide bonds. The van der Waals surface area contributed by atoms with Gasteiger partial charge in [-0.3, -0.25) is 0 Å². The molecule has 0 aromatic carbocycles. The minimum Gasteiger partial charge on any atom is -0.501 e. The summed E-state index contributed by atoms with van der Waals surface area (Å²) in [5.74, 6) is 0. The van der Waals surface area contributed by atoms with Crippen LogP contribution in [0.5, 0.6) is 0 Å². The fraction of sp³-hybridized carbons (Fsp3) is 0.222. The highest BCUT2D eigenvalue weighted by Gasteiger charge is 1.87. The Kier molecular flexibility index (Phi) is 3.61. The average molecular weight is 184 g/mol. The van der Waals surface area contributed by atoms with Crippen LogP contribution in [0.25, 0.3) is 6.08 Å². The molecule has 0 radical (unpaired) electrons. The summed E-state index contributed by atoms with van der Waals surface area (Å²) in [7, 11) is 0. The van der Waals surface area contributed by atoms with Crippen molar-refractivity contribution in [2.24, 2.45) is 0 Å². The third-order valence-electron chi connectivity index (χ3n) is 1.27. The van der Waals surface area contributed by atoms with Crippen LogP contribution in [0.15, 0.2) is 24.6 Å². The Labute approximate surface area is 76.8 Å². The topological polar surface area (TPSA) is 22.1 Å². The summed E-state index contributed by atoms with van der Waals surface area (Å²) >= 11 is 5.61. The maximum absolute atomic E-state index is 5.61. The minimum atomic E-state index is 0.503. The number of pyridine rings is 1. The van der Waals surface area contributed by atoms with Gasteiger partial charge >= 0.3 is 0 Å². The predicted molar refractivity (Wildman–Crippen MR) is 49.9 cm³/mol. The van der Waals surface area contributed by atoms with Gasteiger partial charge in [0.2, 0.25) is 0 Å². The van der Waals surface area contributed by atoms with E-state index in [-0.39, 0.29) is 0 Å². The highest BCUT2D eigenvalue weighted by Crippen LogP contribution is 2.06. The van der Waals surface area contributed by atoms with E-state index in [9.17, 15) is 0 Å². The van der Waals surface area contributed by atoms with Gasteiger partial charge in [0.25, 0.3) is 0 Å². The lowest BCUT2D eigenvalue weighted by Gasteiger charge is -1.93. The fourth-order valence-electron chi connectivity index (χ4n) is 0.709. The first kappa shape index (κ1) is 9.07. The number of hydrogen-bond donors (Lipinski definition) is 0. The number of rotatable bonds is 3. The first-order valence-corrected chi connectivity index (χ1v) is 4.10. The third kappa shape index (κ3) is 2.93. The van der Waals surface area contributed by atoms with Crippen molar-refractivity contribution in [3.05, 3.63) is 35.3 Å². The van der Waals surface area contributed by atoms with Gasteiger partial charge in [0, 0.05) is 6.20 Å². The number of aromatic nitrogens is 1. The minimum absolute atomic E-state index is 0.503. The van der Waals surface area contributed by atoms with E-state index in [4.69, 9.17) is 16.3 Å². The SMILES string of the molecule is CCO/C=C/c1ccc(Cl)nc1. The molecule has 1 rings (SSSR count). The molecule has 0 saturated heterocycles. The summed E-state index contributed by atoms with van der Waals surface area (Å²) in [5.41, 5.74) is 0.979. The average Bonchev–Trinajstić information content (AvgIpc) is 2.09. The molecule has 64 valence electrons. The van der Waals surface area contributed by atoms with Crippen LogP contribution < -0.4 is 0 Å². The zero-order valence-corrected chi connectivity index (χ0v) is 7.58. The van der Waals surface area contributed by atoms with Gasteiger partial charge in [-0.25, -0.2) is 4.98 Å². The highest BCUT2D eigenvalue weighted by molar-refractivity contribution is 6.29. The predicted octanol–water partition coefficient (Wildman–Crippen LogP) is 2.74. The van der Waals surface area contributed by atoms with Crippen LogP contribution in [0.2, 0.25) is 5.15 Å². The van der Waals surface area contributed by atoms with E-state index in [0.717, 1.165) is 5.56 Å². The van der Waals surface area contributed by atoms with Crippen molar-refractivity contribution < 1.29 is 4.74 Å². The number of nitrogens with zero attached hydrogens (tertiary/aromatic N) is 1. The van der Waals surface area contributed by atoms with Gasteiger partial charge < -0.3 is 4.74 Å².